The zero-order valence-corrected chi connectivity index (χ0v) is 17.6. The van der Waals surface area contributed by atoms with Crippen LogP contribution in [-0.4, -0.2) is 21.9 Å². The summed E-state index contributed by atoms with van der Waals surface area (Å²) in [5, 5.41) is 15.3. The second kappa shape index (κ2) is 7.71. The third-order valence-corrected chi connectivity index (χ3v) is 7.02. The van der Waals surface area contributed by atoms with Crippen molar-refractivity contribution in [2.75, 3.05) is 0 Å². The van der Waals surface area contributed by atoms with E-state index in [9.17, 15) is 26.3 Å². The van der Waals surface area contributed by atoms with Gasteiger partial charge in [-0.25, -0.2) is 26.4 Å². The van der Waals surface area contributed by atoms with E-state index in [0.29, 0.717) is 16.9 Å². The van der Waals surface area contributed by atoms with Crippen LogP contribution in [-0.2, 0) is 19.9 Å². The highest BCUT2D eigenvalue weighted by molar-refractivity contribution is 7.91. The lowest BCUT2D eigenvalue weighted by Crippen LogP contribution is -2.12. The minimum Gasteiger partial charge on any atom is -0.507 e. The summed E-state index contributed by atoms with van der Waals surface area (Å²) >= 11 is 0. The van der Waals surface area contributed by atoms with Gasteiger partial charge in [-0.05, 0) is 73.5 Å². The van der Waals surface area contributed by atoms with E-state index in [-0.39, 0.29) is 15.5 Å². The molecule has 0 unspecified atom stereocenters. The Labute approximate surface area is 173 Å². The number of aromatic hydroxyl groups is 1. The molecule has 30 heavy (non-hydrogen) atoms. The summed E-state index contributed by atoms with van der Waals surface area (Å²) in [6.45, 7) is 3.24. The topological polar surface area (TPSA) is 124 Å². The van der Waals surface area contributed by atoms with Crippen molar-refractivity contribution in [2.24, 2.45) is 5.14 Å². The summed E-state index contributed by atoms with van der Waals surface area (Å²) in [6.07, 6.45) is 0. The first-order valence-electron chi connectivity index (χ1n) is 8.55. The number of nitrogens with two attached hydrogens (primary N) is 1. The first-order valence-corrected chi connectivity index (χ1v) is 11.6. The van der Waals surface area contributed by atoms with E-state index in [1.807, 2.05) is 0 Å². The van der Waals surface area contributed by atoms with Crippen LogP contribution in [0.3, 0.4) is 0 Å². The molecule has 3 aromatic carbocycles. The first-order chi connectivity index (χ1) is 13.9. The molecule has 158 valence electrons. The van der Waals surface area contributed by atoms with Crippen LogP contribution in [0.25, 0.3) is 0 Å². The number of hydrogen-bond acceptors (Lipinski definition) is 6. The minimum absolute atomic E-state index is 0.0740. The normalized spacial score (nSPS) is 12.0. The molecule has 7 nitrogen and oxygen atoms in total. The van der Waals surface area contributed by atoms with Crippen molar-refractivity contribution in [3.05, 3.63) is 71.5 Å². The fourth-order valence-electron chi connectivity index (χ4n) is 2.87. The van der Waals surface area contributed by atoms with Crippen molar-refractivity contribution in [2.45, 2.75) is 28.5 Å². The zero-order valence-electron chi connectivity index (χ0n) is 16.0. The molecule has 0 aliphatic carbocycles. The van der Waals surface area contributed by atoms with Gasteiger partial charge in [-0.15, -0.1) is 0 Å². The van der Waals surface area contributed by atoms with Crippen LogP contribution in [0.2, 0.25) is 0 Å². The van der Waals surface area contributed by atoms with E-state index in [1.54, 1.807) is 13.8 Å². The van der Waals surface area contributed by atoms with Crippen molar-refractivity contribution in [1.29, 1.82) is 0 Å². The number of sulfonamides is 1. The average Bonchev–Trinajstić information content (AvgIpc) is 2.65. The van der Waals surface area contributed by atoms with Gasteiger partial charge in [0.1, 0.15) is 28.0 Å². The van der Waals surface area contributed by atoms with Gasteiger partial charge < -0.3 is 9.84 Å². The van der Waals surface area contributed by atoms with E-state index < -0.39 is 36.3 Å². The summed E-state index contributed by atoms with van der Waals surface area (Å²) in [6, 6.07) is 10.5. The molecule has 0 bridgehead atoms. The predicted molar refractivity (Wildman–Crippen MR) is 107 cm³/mol. The molecule has 0 radical (unpaired) electrons. The Balaban J connectivity index is 2.04. The number of benzene rings is 3. The van der Waals surface area contributed by atoms with E-state index in [0.717, 1.165) is 36.4 Å². The number of aryl methyl sites for hydroxylation is 2. The Morgan fingerprint density at radius 2 is 1.43 bits per heavy atom. The van der Waals surface area contributed by atoms with Crippen molar-refractivity contribution >= 4 is 19.9 Å². The first kappa shape index (κ1) is 21.8. The zero-order chi connectivity index (χ0) is 22.3. The number of phenols is 1. The van der Waals surface area contributed by atoms with Crippen LogP contribution in [0.4, 0.5) is 4.39 Å². The number of rotatable bonds is 5. The fraction of sp³-hybridized carbons (Fsp3) is 0.100. The second-order valence-electron chi connectivity index (χ2n) is 6.62. The van der Waals surface area contributed by atoms with Gasteiger partial charge in [-0.3, -0.25) is 0 Å². The molecule has 0 heterocycles. The number of primary sulfonamides is 1. The summed E-state index contributed by atoms with van der Waals surface area (Å²) in [7, 11) is -8.04. The number of phenolic OH excluding ortho intramolecular Hbond substituents is 1. The maximum Gasteiger partial charge on any atom is 0.238 e. The summed E-state index contributed by atoms with van der Waals surface area (Å²) in [4.78, 5) is -0.681. The van der Waals surface area contributed by atoms with Gasteiger partial charge in [-0.1, -0.05) is 0 Å². The molecule has 3 aromatic rings. The molecule has 3 rings (SSSR count). The number of halogens is 1. The Morgan fingerprint density at radius 3 is 1.97 bits per heavy atom. The van der Waals surface area contributed by atoms with E-state index >= 15 is 0 Å². The van der Waals surface area contributed by atoms with Gasteiger partial charge in [0, 0.05) is 6.07 Å². The van der Waals surface area contributed by atoms with Crippen LogP contribution >= 0.6 is 0 Å². The third kappa shape index (κ3) is 4.30. The Hall–Kier alpha value is -2.95. The Morgan fingerprint density at radius 1 is 0.867 bits per heavy atom. The van der Waals surface area contributed by atoms with Crippen molar-refractivity contribution in [1.82, 2.24) is 0 Å². The fourth-order valence-corrected chi connectivity index (χ4v) is 4.91. The Bertz CT molecular complexity index is 1310. The number of sulfone groups is 1. The minimum atomic E-state index is -4.14. The van der Waals surface area contributed by atoms with Crippen molar-refractivity contribution < 1.29 is 31.1 Å². The van der Waals surface area contributed by atoms with E-state index in [1.165, 1.54) is 18.2 Å². The molecular formula is C20H18FNO6S2. The maximum absolute atomic E-state index is 13.1. The lowest BCUT2D eigenvalue weighted by Gasteiger charge is -2.15. The smallest absolute Gasteiger partial charge is 0.238 e. The van der Waals surface area contributed by atoms with Crippen LogP contribution in [0.15, 0.2) is 69.3 Å². The van der Waals surface area contributed by atoms with Crippen LogP contribution in [0.1, 0.15) is 11.1 Å². The third-order valence-electron chi connectivity index (χ3n) is 4.33. The van der Waals surface area contributed by atoms with Gasteiger partial charge in [0.25, 0.3) is 0 Å². The SMILES string of the molecule is Cc1cc(S(N)(=O)=O)cc(C)c1Oc1ccc(O)c(S(=O)(=O)c2ccc(F)cc2)c1. The van der Waals surface area contributed by atoms with Gasteiger partial charge >= 0.3 is 0 Å². The maximum atomic E-state index is 13.1. The average molecular weight is 451 g/mol. The monoisotopic (exact) mass is 451 g/mol. The van der Waals surface area contributed by atoms with Gasteiger partial charge in [0.2, 0.25) is 19.9 Å². The highest BCUT2D eigenvalue weighted by Gasteiger charge is 2.23. The Kier molecular flexibility index (Phi) is 5.59. The molecular weight excluding hydrogens is 433 g/mol. The highest BCUT2D eigenvalue weighted by atomic mass is 32.2. The summed E-state index contributed by atoms with van der Waals surface area (Å²) < 4.78 is 67.7. The van der Waals surface area contributed by atoms with Gasteiger partial charge in [-0.2, -0.15) is 0 Å². The largest absolute Gasteiger partial charge is 0.507 e. The molecule has 0 atom stereocenters. The van der Waals surface area contributed by atoms with Crippen LogP contribution in [0.5, 0.6) is 17.2 Å². The molecule has 0 fully saturated rings. The van der Waals surface area contributed by atoms with E-state index in [2.05, 4.69) is 0 Å². The quantitative estimate of drug-likeness (QED) is 0.573. The molecule has 0 aliphatic rings. The van der Waals surface area contributed by atoms with Crippen molar-refractivity contribution in [3.8, 4) is 17.2 Å². The molecule has 0 aromatic heterocycles. The highest BCUT2D eigenvalue weighted by Crippen LogP contribution is 2.36. The summed E-state index contributed by atoms with van der Waals surface area (Å²) in [5.41, 5.74) is 0.935. The van der Waals surface area contributed by atoms with Gasteiger partial charge in [0.05, 0.1) is 9.79 Å². The summed E-state index contributed by atoms with van der Waals surface area (Å²) in [5.74, 6) is -0.671. The molecule has 0 saturated heterocycles. The lowest BCUT2D eigenvalue weighted by molar-refractivity contribution is 0.446. The van der Waals surface area contributed by atoms with Crippen LogP contribution < -0.4 is 9.88 Å². The standard InChI is InChI=1S/C20H18FNO6S2/c1-12-9-17(30(22,26)27)10-13(2)20(12)28-15-5-8-18(23)19(11-15)29(24,25)16-6-3-14(21)4-7-16/h3-11,23H,1-2H3,(H2,22,26,27). The van der Waals surface area contributed by atoms with Crippen LogP contribution in [0, 0.1) is 19.7 Å². The number of hydrogen-bond donors (Lipinski definition) is 2. The molecule has 0 saturated carbocycles. The number of ether oxygens (including phenoxy) is 1. The van der Waals surface area contributed by atoms with Crippen molar-refractivity contribution in [3.63, 3.8) is 0 Å². The second-order valence-corrected chi connectivity index (χ2v) is 10.1. The lowest BCUT2D eigenvalue weighted by atomic mass is 10.1. The van der Waals surface area contributed by atoms with E-state index in [4.69, 9.17) is 9.88 Å². The molecule has 0 spiro atoms. The molecule has 0 aliphatic heterocycles. The molecule has 3 N–H and O–H groups in total. The molecule has 10 heteroatoms. The predicted octanol–water partition coefficient (Wildman–Crippen LogP) is 3.42. The molecule has 0 amide bonds. The van der Waals surface area contributed by atoms with Gasteiger partial charge in [0.15, 0.2) is 0 Å².